The zero-order chi connectivity index (χ0) is 13.0. The van der Waals surface area contributed by atoms with Gasteiger partial charge in [-0.15, -0.1) is 0 Å². The highest BCUT2D eigenvalue weighted by atomic mass is 15.3. The van der Waals surface area contributed by atoms with Gasteiger partial charge in [-0.05, 0) is 26.0 Å². The van der Waals surface area contributed by atoms with Crippen LogP contribution in [-0.2, 0) is 0 Å². The normalized spacial score (nSPS) is 15.8. The fourth-order valence-electron chi connectivity index (χ4n) is 2.30. The van der Waals surface area contributed by atoms with Gasteiger partial charge in [-0.1, -0.05) is 0 Å². The van der Waals surface area contributed by atoms with Crippen LogP contribution < -0.4 is 20.9 Å². The standard InChI is InChI=1S/C13H23N5/c1-3-17(4-2)12-6-5-11(14)13(16-12)18-9-7-15-8-10-18/h5-6,15H,3-4,7-10,14H2,1-2H3. The van der Waals surface area contributed by atoms with Crippen molar-refractivity contribution in [1.29, 1.82) is 0 Å². The lowest BCUT2D eigenvalue weighted by molar-refractivity contribution is 0.585. The van der Waals surface area contributed by atoms with Gasteiger partial charge in [0.05, 0.1) is 5.69 Å². The van der Waals surface area contributed by atoms with Crippen molar-refractivity contribution in [3.8, 4) is 0 Å². The van der Waals surface area contributed by atoms with E-state index in [1.165, 1.54) is 0 Å². The third-order valence-corrected chi connectivity index (χ3v) is 3.39. The number of pyridine rings is 1. The molecule has 2 rings (SSSR count). The molecular formula is C13H23N5. The molecule has 0 amide bonds. The van der Waals surface area contributed by atoms with Crippen molar-refractivity contribution in [2.45, 2.75) is 13.8 Å². The van der Waals surface area contributed by atoms with Crippen molar-refractivity contribution < 1.29 is 0 Å². The van der Waals surface area contributed by atoms with Crippen LogP contribution in [0.3, 0.4) is 0 Å². The molecule has 18 heavy (non-hydrogen) atoms. The topological polar surface area (TPSA) is 57.4 Å². The molecule has 1 fully saturated rings. The van der Waals surface area contributed by atoms with Crippen LogP contribution in [0.25, 0.3) is 0 Å². The van der Waals surface area contributed by atoms with Crippen LogP contribution in [0.5, 0.6) is 0 Å². The van der Waals surface area contributed by atoms with Gasteiger partial charge >= 0.3 is 0 Å². The lowest BCUT2D eigenvalue weighted by Gasteiger charge is -2.30. The minimum atomic E-state index is 0.771. The maximum atomic E-state index is 6.06. The van der Waals surface area contributed by atoms with Crippen LogP contribution in [-0.4, -0.2) is 44.3 Å². The maximum Gasteiger partial charge on any atom is 0.154 e. The van der Waals surface area contributed by atoms with E-state index in [9.17, 15) is 0 Å². The summed E-state index contributed by atoms with van der Waals surface area (Å²) < 4.78 is 0. The van der Waals surface area contributed by atoms with E-state index in [0.29, 0.717) is 0 Å². The van der Waals surface area contributed by atoms with E-state index in [2.05, 4.69) is 29.0 Å². The molecule has 1 aromatic heterocycles. The van der Waals surface area contributed by atoms with E-state index < -0.39 is 0 Å². The van der Waals surface area contributed by atoms with Gasteiger partial charge in [0.2, 0.25) is 0 Å². The van der Waals surface area contributed by atoms with Gasteiger partial charge in [0.15, 0.2) is 5.82 Å². The van der Waals surface area contributed by atoms with Crippen LogP contribution in [0, 0.1) is 0 Å². The van der Waals surface area contributed by atoms with E-state index in [4.69, 9.17) is 10.7 Å². The molecule has 5 nitrogen and oxygen atoms in total. The highest BCUT2D eigenvalue weighted by Crippen LogP contribution is 2.24. The van der Waals surface area contributed by atoms with Crippen LogP contribution in [0.1, 0.15) is 13.8 Å². The van der Waals surface area contributed by atoms with Gasteiger partial charge < -0.3 is 20.9 Å². The Bertz CT molecular complexity index is 383. The van der Waals surface area contributed by atoms with Gasteiger partial charge in [-0.2, -0.15) is 0 Å². The first-order valence-corrected chi connectivity index (χ1v) is 6.73. The molecule has 2 heterocycles. The average molecular weight is 249 g/mol. The Labute approximate surface area is 109 Å². The maximum absolute atomic E-state index is 6.06. The van der Waals surface area contributed by atoms with Crippen molar-refractivity contribution in [3.05, 3.63) is 12.1 Å². The first-order valence-electron chi connectivity index (χ1n) is 6.73. The Morgan fingerprint density at radius 3 is 2.56 bits per heavy atom. The second-order valence-corrected chi connectivity index (χ2v) is 4.49. The second kappa shape index (κ2) is 5.91. The molecule has 1 aliphatic heterocycles. The van der Waals surface area contributed by atoms with Crippen molar-refractivity contribution in [2.24, 2.45) is 0 Å². The molecule has 0 aliphatic carbocycles. The SMILES string of the molecule is CCN(CC)c1ccc(N)c(N2CCNCC2)n1. The van der Waals surface area contributed by atoms with E-state index in [-0.39, 0.29) is 0 Å². The summed E-state index contributed by atoms with van der Waals surface area (Å²) in [6, 6.07) is 3.98. The number of rotatable bonds is 4. The number of nitrogens with two attached hydrogens (primary N) is 1. The van der Waals surface area contributed by atoms with Gasteiger partial charge in [-0.25, -0.2) is 4.98 Å². The summed E-state index contributed by atoms with van der Waals surface area (Å²) in [6.45, 7) is 10.2. The summed E-state index contributed by atoms with van der Waals surface area (Å²) in [5, 5.41) is 3.34. The third-order valence-electron chi connectivity index (χ3n) is 3.39. The molecule has 100 valence electrons. The largest absolute Gasteiger partial charge is 0.396 e. The lowest BCUT2D eigenvalue weighted by Crippen LogP contribution is -2.44. The minimum Gasteiger partial charge on any atom is -0.396 e. The molecular weight excluding hydrogens is 226 g/mol. The molecule has 0 bridgehead atoms. The molecule has 1 aliphatic rings. The molecule has 0 unspecified atom stereocenters. The number of anilines is 3. The molecule has 1 saturated heterocycles. The number of piperazine rings is 1. The summed E-state index contributed by atoms with van der Waals surface area (Å²) in [5.74, 6) is 1.95. The van der Waals surface area contributed by atoms with E-state index in [0.717, 1.165) is 56.6 Å². The highest BCUT2D eigenvalue weighted by Gasteiger charge is 2.16. The summed E-state index contributed by atoms with van der Waals surface area (Å²) in [7, 11) is 0. The monoisotopic (exact) mass is 249 g/mol. The highest BCUT2D eigenvalue weighted by molar-refractivity contribution is 5.66. The number of nitrogens with one attached hydrogen (secondary N) is 1. The predicted molar refractivity (Wildman–Crippen MR) is 77.3 cm³/mol. The molecule has 1 aromatic rings. The first-order chi connectivity index (χ1) is 8.76. The fraction of sp³-hybridized carbons (Fsp3) is 0.615. The van der Waals surface area contributed by atoms with Crippen LogP contribution >= 0.6 is 0 Å². The molecule has 0 spiro atoms. The predicted octanol–water partition coefficient (Wildman–Crippen LogP) is 0.920. The summed E-state index contributed by atoms with van der Waals surface area (Å²) in [5.41, 5.74) is 6.83. The first kappa shape index (κ1) is 13.0. The lowest BCUT2D eigenvalue weighted by atomic mass is 10.3. The number of hydrogen-bond acceptors (Lipinski definition) is 5. The van der Waals surface area contributed by atoms with Crippen molar-refractivity contribution in [1.82, 2.24) is 10.3 Å². The molecule has 0 atom stereocenters. The van der Waals surface area contributed by atoms with Crippen LogP contribution in [0.4, 0.5) is 17.3 Å². The Morgan fingerprint density at radius 2 is 1.94 bits per heavy atom. The fourth-order valence-corrected chi connectivity index (χ4v) is 2.30. The Balaban J connectivity index is 2.25. The Kier molecular flexibility index (Phi) is 4.25. The van der Waals surface area contributed by atoms with Gasteiger partial charge in [0.25, 0.3) is 0 Å². The van der Waals surface area contributed by atoms with Gasteiger partial charge in [-0.3, -0.25) is 0 Å². The number of nitrogen functional groups attached to an aromatic ring is 1. The molecule has 5 heteroatoms. The third kappa shape index (κ3) is 2.67. The zero-order valence-corrected chi connectivity index (χ0v) is 11.3. The van der Waals surface area contributed by atoms with E-state index in [1.54, 1.807) is 0 Å². The summed E-state index contributed by atoms with van der Waals surface area (Å²) in [4.78, 5) is 9.24. The Morgan fingerprint density at radius 1 is 1.28 bits per heavy atom. The zero-order valence-electron chi connectivity index (χ0n) is 11.3. The van der Waals surface area contributed by atoms with Gasteiger partial charge in [0, 0.05) is 39.3 Å². The number of aromatic nitrogens is 1. The van der Waals surface area contributed by atoms with Gasteiger partial charge in [0.1, 0.15) is 5.82 Å². The van der Waals surface area contributed by atoms with Crippen LogP contribution in [0.15, 0.2) is 12.1 Å². The number of nitrogens with zero attached hydrogens (tertiary/aromatic N) is 3. The van der Waals surface area contributed by atoms with Crippen LogP contribution in [0.2, 0.25) is 0 Å². The quantitative estimate of drug-likeness (QED) is 0.831. The summed E-state index contributed by atoms with van der Waals surface area (Å²) in [6.07, 6.45) is 0. The molecule has 0 saturated carbocycles. The average Bonchev–Trinajstić information content (AvgIpc) is 2.43. The van der Waals surface area contributed by atoms with E-state index in [1.807, 2.05) is 12.1 Å². The minimum absolute atomic E-state index is 0.771. The second-order valence-electron chi connectivity index (χ2n) is 4.49. The molecule has 0 radical (unpaired) electrons. The summed E-state index contributed by atoms with van der Waals surface area (Å²) >= 11 is 0. The molecule has 3 N–H and O–H groups in total. The Hall–Kier alpha value is -1.49. The van der Waals surface area contributed by atoms with E-state index >= 15 is 0 Å². The number of hydrogen-bond donors (Lipinski definition) is 2. The van der Waals surface area contributed by atoms with Crippen molar-refractivity contribution >= 4 is 17.3 Å². The van der Waals surface area contributed by atoms with Crippen molar-refractivity contribution in [2.75, 3.05) is 54.8 Å². The van der Waals surface area contributed by atoms with Crippen molar-refractivity contribution in [3.63, 3.8) is 0 Å². The molecule has 0 aromatic carbocycles. The smallest absolute Gasteiger partial charge is 0.154 e.